The highest BCUT2D eigenvalue weighted by molar-refractivity contribution is 5.79. The Morgan fingerprint density at radius 2 is 1.76 bits per heavy atom. The molecule has 0 aromatic heterocycles. The summed E-state index contributed by atoms with van der Waals surface area (Å²) in [5, 5.41) is 0. The first-order chi connectivity index (χ1) is 10.2. The second kappa shape index (κ2) is 7.59. The van der Waals surface area contributed by atoms with Crippen molar-refractivity contribution in [2.24, 2.45) is 5.41 Å². The zero-order valence-electron chi connectivity index (χ0n) is 14.1. The van der Waals surface area contributed by atoms with E-state index in [4.69, 9.17) is 4.74 Å². The summed E-state index contributed by atoms with van der Waals surface area (Å²) in [6.45, 7) is 11.7. The van der Waals surface area contributed by atoms with Crippen LogP contribution < -0.4 is 0 Å². The first-order valence-electron chi connectivity index (χ1n) is 8.82. The number of carbonyl (C=O) groups is 1. The SMILES string of the molecule is CC.CCOC1CC2(C1)CN(C(=O)CN1CCCCC1)C2. The number of nitrogens with zero attached hydrogens (tertiary/aromatic N) is 2. The van der Waals surface area contributed by atoms with Crippen LogP contribution in [-0.4, -0.2) is 61.1 Å². The Hall–Kier alpha value is -0.610. The van der Waals surface area contributed by atoms with E-state index in [-0.39, 0.29) is 0 Å². The van der Waals surface area contributed by atoms with Crippen LogP contribution in [0.5, 0.6) is 0 Å². The van der Waals surface area contributed by atoms with Crippen LogP contribution in [0.1, 0.15) is 52.9 Å². The minimum absolute atomic E-state index is 0.340. The van der Waals surface area contributed by atoms with Gasteiger partial charge in [-0.25, -0.2) is 0 Å². The maximum absolute atomic E-state index is 12.2. The highest BCUT2D eigenvalue weighted by Gasteiger charge is 2.53. The van der Waals surface area contributed by atoms with Crippen LogP contribution in [0.25, 0.3) is 0 Å². The minimum atomic E-state index is 0.340. The molecule has 4 heteroatoms. The highest BCUT2D eigenvalue weighted by Crippen LogP contribution is 2.49. The van der Waals surface area contributed by atoms with Crippen LogP contribution in [0.15, 0.2) is 0 Å². The Bertz CT molecular complexity index is 326. The summed E-state index contributed by atoms with van der Waals surface area (Å²) in [5.74, 6) is 0.340. The van der Waals surface area contributed by atoms with Gasteiger partial charge in [0.1, 0.15) is 0 Å². The lowest BCUT2D eigenvalue weighted by Gasteiger charge is -2.58. The molecule has 0 radical (unpaired) electrons. The van der Waals surface area contributed by atoms with E-state index in [2.05, 4.69) is 16.7 Å². The average molecular weight is 296 g/mol. The van der Waals surface area contributed by atoms with E-state index in [0.717, 1.165) is 45.6 Å². The third kappa shape index (κ3) is 3.98. The third-order valence-corrected chi connectivity index (χ3v) is 4.94. The fourth-order valence-corrected chi connectivity index (χ4v) is 3.87. The fourth-order valence-electron chi connectivity index (χ4n) is 3.87. The molecule has 1 spiro atoms. The predicted molar refractivity (Wildman–Crippen MR) is 85.3 cm³/mol. The maximum Gasteiger partial charge on any atom is 0.236 e. The van der Waals surface area contributed by atoms with Crippen LogP contribution >= 0.6 is 0 Å². The van der Waals surface area contributed by atoms with Crippen molar-refractivity contribution < 1.29 is 9.53 Å². The summed E-state index contributed by atoms with van der Waals surface area (Å²) in [6.07, 6.45) is 6.63. The van der Waals surface area contributed by atoms with E-state index in [9.17, 15) is 4.79 Å². The van der Waals surface area contributed by atoms with Gasteiger partial charge in [0.2, 0.25) is 5.91 Å². The Morgan fingerprint density at radius 3 is 2.33 bits per heavy atom. The number of hydrogen-bond acceptors (Lipinski definition) is 3. The summed E-state index contributed by atoms with van der Waals surface area (Å²) in [4.78, 5) is 16.6. The third-order valence-electron chi connectivity index (χ3n) is 4.94. The summed E-state index contributed by atoms with van der Waals surface area (Å²) in [5.41, 5.74) is 0.428. The molecular formula is C17H32N2O2. The van der Waals surface area contributed by atoms with Crippen molar-refractivity contribution in [3.05, 3.63) is 0 Å². The smallest absolute Gasteiger partial charge is 0.236 e. The number of amides is 1. The van der Waals surface area contributed by atoms with Crippen LogP contribution in [0, 0.1) is 5.41 Å². The molecule has 2 heterocycles. The minimum Gasteiger partial charge on any atom is -0.378 e. The molecule has 1 aliphatic carbocycles. The predicted octanol–water partition coefficient (Wildman–Crippen LogP) is 2.53. The molecule has 3 aliphatic rings. The molecule has 0 N–H and O–H groups in total. The lowest BCUT2D eigenvalue weighted by molar-refractivity contribution is -0.171. The van der Waals surface area contributed by atoms with Crippen LogP contribution in [0.2, 0.25) is 0 Å². The van der Waals surface area contributed by atoms with E-state index >= 15 is 0 Å². The number of carbonyl (C=O) groups excluding carboxylic acids is 1. The molecule has 0 unspecified atom stereocenters. The standard InChI is InChI=1S/C15H26N2O2.C2H6/c1-2-19-13-8-15(9-13)11-17(12-15)14(18)10-16-6-4-3-5-7-16;1-2/h13H,2-12H2,1H3;1-2H3. The van der Waals surface area contributed by atoms with Crippen molar-refractivity contribution in [3.8, 4) is 0 Å². The second-order valence-electron chi connectivity index (χ2n) is 6.57. The average Bonchev–Trinajstić information content (AvgIpc) is 2.43. The van der Waals surface area contributed by atoms with Crippen molar-refractivity contribution >= 4 is 5.91 Å². The van der Waals surface area contributed by atoms with Gasteiger partial charge in [-0.2, -0.15) is 0 Å². The van der Waals surface area contributed by atoms with Crippen molar-refractivity contribution in [2.75, 3.05) is 39.3 Å². The summed E-state index contributed by atoms with van der Waals surface area (Å²) < 4.78 is 5.61. The van der Waals surface area contributed by atoms with E-state index in [0.29, 0.717) is 24.0 Å². The van der Waals surface area contributed by atoms with Gasteiger partial charge in [0.15, 0.2) is 0 Å². The van der Waals surface area contributed by atoms with E-state index in [1.807, 2.05) is 13.8 Å². The maximum atomic E-state index is 12.2. The van der Waals surface area contributed by atoms with Crippen LogP contribution in [0.3, 0.4) is 0 Å². The Balaban J connectivity index is 0.000000774. The van der Waals surface area contributed by atoms with E-state index in [1.165, 1.54) is 19.3 Å². The molecule has 0 atom stereocenters. The molecule has 2 saturated heterocycles. The molecule has 21 heavy (non-hydrogen) atoms. The van der Waals surface area contributed by atoms with Gasteiger partial charge in [0.05, 0.1) is 12.6 Å². The summed E-state index contributed by atoms with van der Waals surface area (Å²) in [6, 6.07) is 0. The number of piperidine rings is 1. The number of hydrogen-bond donors (Lipinski definition) is 0. The van der Waals surface area contributed by atoms with Gasteiger partial charge in [0.25, 0.3) is 0 Å². The van der Waals surface area contributed by atoms with Gasteiger partial charge < -0.3 is 9.64 Å². The van der Waals surface area contributed by atoms with Gasteiger partial charge in [-0.1, -0.05) is 20.3 Å². The van der Waals surface area contributed by atoms with Crippen molar-refractivity contribution in [3.63, 3.8) is 0 Å². The fraction of sp³-hybridized carbons (Fsp3) is 0.941. The summed E-state index contributed by atoms with van der Waals surface area (Å²) in [7, 11) is 0. The van der Waals surface area contributed by atoms with Crippen LogP contribution in [-0.2, 0) is 9.53 Å². The van der Waals surface area contributed by atoms with Gasteiger partial charge in [0, 0.05) is 25.1 Å². The molecule has 1 saturated carbocycles. The van der Waals surface area contributed by atoms with Gasteiger partial charge in [-0.05, 0) is 45.7 Å². The number of rotatable bonds is 4. The first-order valence-corrected chi connectivity index (χ1v) is 8.82. The molecule has 1 amide bonds. The number of ether oxygens (including phenoxy) is 1. The molecule has 122 valence electrons. The lowest BCUT2D eigenvalue weighted by atomic mass is 9.61. The largest absolute Gasteiger partial charge is 0.378 e. The molecule has 4 nitrogen and oxygen atoms in total. The number of likely N-dealkylation sites (tertiary alicyclic amines) is 2. The second-order valence-corrected chi connectivity index (χ2v) is 6.57. The zero-order valence-corrected chi connectivity index (χ0v) is 14.1. The van der Waals surface area contributed by atoms with E-state index < -0.39 is 0 Å². The van der Waals surface area contributed by atoms with Gasteiger partial charge >= 0.3 is 0 Å². The Labute approximate surface area is 129 Å². The quantitative estimate of drug-likeness (QED) is 0.799. The molecule has 0 aromatic rings. The van der Waals surface area contributed by atoms with Crippen molar-refractivity contribution in [2.45, 2.75) is 59.0 Å². The van der Waals surface area contributed by atoms with Crippen molar-refractivity contribution in [1.82, 2.24) is 9.80 Å². The molecular weight excluding hydrogens is 264 g/mol. The molecule has 2 aliphatic heterocycles. The normalized spacial score (nSPS) is 24.8. The van der Waals surface area contributed by atoms with Crippen molar-refractivity contribution in [1.29, 1.82) is 0 Å². The van der Waals surface area contributed by atoms with Gasteiger partial charge in [-0.3, -0.25) is 9.69 Å². The van der Waals surface area contributed by atoms with Gasteiger partial charge in [-0.15, -0.1) is 0 Å². The lowest BCUT2D eigenvalue weighted by Crippen LogP contribution is -2.66. The molecule has 0 aromatic carbocycles. The van der Waals surface area contributed by atoms with Crippen LogP contribution in [0.4, 0.5) is 0 Å². The monoisotopic (exact) mass is 296 g/mol. The molecule has 3 fully saturated rings. The Morgan fingerprint density at radius 1 is 1.14 bits per heavy atom. The molecule has 0 bridgehead atoms. The Kier molecular flexibility index (Phi) is 6.06. The first kappa shape index (κ1) is 16.8. The summed E-state index contributed by atoms with van der Waals surface area (Å²) >= 11 is 0. The topological polar surface area (TPSA) is 32.8 Å². The van der Waals surface area contributed by atoms with E-state index in [1.54, 1.807) is 0 Å². The molecule has 3 rings (SSSR count). The zero-order chi connectivity index (χ0) is 15.3. The highest BCUT2D eigenvalue weighted by atomic mass is 16.5.